The number of rotatable bonds is 22. The second kappa shape index (κ2) is 22.4. The fourth-order valence-electron chi connectivity index (χ4n) is 9.26. The number of aryl methyl sites for hydroxylation is 2. The predicted octanol–water partition coefficient (Wildman–Crippen LogP) is 4.61. The van der Waals surface area contributed by atoms with Crippen LogP contribution in [0.2, 0.25) is 0 Å². The number of piperazine rings is 1. The van der Waals surface area contributed by atoms with Crippen molar-refractivity contribution < 1.29 is 28.9 Å². The van der Waals surface area contributed by atoms with E-state index < -0.39 is 11.9 Å². The van der Waals surface area contributed by atoms with E-state index in [1.165, 1.54) is 10.1 Å². The number of piperidine rings is 1. The topological polar surface area (TPSA) is 183 Å². The van der Waals surface area contributed by atoms with E-state index in [1.54, 1.807) is 11.6 Å². The van der Waals surface area contributed by atoms with Crippen LogP contribution in [0.25, 0.3) is 33.3 Å². The second-order valence-corrected chi connectivity index (χ2v) is 17.7. The number of hydrogen-bond donors (Lipinski definition) is 3. The fourth-order valence-corrected chi connectivity index (χ4v) is 9.26. The number of fused-ring (bicyclic) bond motifs is 2. The number of nitrogens with zero attached hydrogens (tertiary/aromatic N) is 8. The third kappa shape index (κ3) is 11.7. The molecule has 3 aromatic heterocycles. The van der Waals surface area contributed by atoms with Crippen LogP contribution in [-0.2, 0) is 43.8 Å². The normalized spacial score (nSPS) is 20.0. The first-order valence-electron chi connectivity index (χ1n) is 23.7. The molecule has 350 valence electrons. The van der Waals surface area contributed by atoms with Crippen molar-refractivity contribution in [2.24, 2.45) is 7.05 Å². The van der Waals surface area contributed by atoms with Gasteiger partial charge < -0.3 is 24.6 Å². The highest BCUT2D eigenvalue weighted by atomic mass is 16.5. The number of nitrogens with one attached hydrogen (secondary N) is 2. The highest BCUT2D eigenvalue weighted by Crippen LogP contribution is 2.35. The minimum atomic E-state index is -0.687. The molecular weight excluding hydrogens is 829 g/mol. The molecule has 65 heavy (non-hydrogen) atoms. The quantitative estimate of drug-likeness (QED) is 0.0648. The van der Waals surface area contributed by atoms with Crippen molar-refractivity contribution in [3.63, 3.8) is 0 Å². The van der Waals surface area contributed by atoms with Crippen molar-refractivity contribution in [2.75, 3.05) is 84.2 Å². The molecular formula is C48H66N10O7. The number of imide groups is 1. The first kappa shape index (κ1) is 46.5. The fraction of sp³-hybridized carbons (Fsp3) is 0.583. The van der Waals surface area contributed by atoms with Gasteiger partial charge in [0.15, 0.2) is 5.65 Å². The number of carbonyl (C=O) groups excluding carboxylic acids is 2. The average molecular weight is 895 g/mol. The molecule has 5 aromatic rings. The van der Waals surface area contributed by atoms with Crippen LogP contribution in [0, 0.1) is 0 Å². The zero-order valence-electron chi connectivity index (χ0n) is 38.1. The number of hydrogen-bond acceptors (Lipinski definition) is 13. The van der Waals surface area contributed by atoms with E-state index in [0.717, 1.165) is 131 Å². The maximum atomic E-state index is 13.0. The van der Waals surface area contributed by atoms with Gasteiger partial charge in [0.25, 0.3) is 0 Å². The maximum absolute atomic E-state index is 13.0. The minimum absolute atomic E-state index is 0.210. The summed E-state index contributed by atoms with van der Waals surface area (Å²) >= 11 is 0. The van der Waals surface area contributed by atoms with Crippen molar-refractivity contribution in [3.05, 3.63) is 70.3 Å². The van der Waals surface area contributed by atoms with E-state index in [0.29, 0.717) is 57.5 Å². The van der Waals surface area contributed by atoms with E-state index in [1.807, 2.05) is 24.4 Å². The number of aliphatic hydroxyl groups excluding tert-OH is 1. The monoisotopic (exact) mass is 895 g/mol. The molecule has 8 rings (SSSR count). The lowest BCUT2D eigenvalue weighted by Crippen LogP contribution is -2.46. The molecule has 0 bridgehead atoms. The number of anilines is 1. The molecule has 3 fully saturated rings. The van der Waals surface area contributed by atoms with E-state index in [-0.39, 0.29) is 30.2 Å². The van der Waals surface area contributed by atoms with E-state index in [2.05, 4.69) is 61.3 Å². The molecule has 2 aliphatic heterocycles. The summed E-state index contributed by atoms with van der Waals surface area (Å²) in [5.74, 6) is -0.0937. The lowest BCUT2D eigenvalue weighted by molar-refractivity contribution is -0.135. The van der Waals surface area contributed by atoms with E-state index in [4.69, 9.17) is 24.3 Å². The number of amides is 2. The number of imidazole rings is 1. The highest BCUT2D eigenvalue weighted by Gasteiger charge is 2.31. The van der Waals surface area contributed by atoms with Gasteiger partial charge in [-0.15, -0.1) is 0 Å². The smallest absolute Gasteiger partial charge is 0.329 e. The summed E-state index contributed by atoms with van der Waals surface area (Å²) in [4.78, 5) is 51.7. The van der Waals surface area contributed by atoms with Gasteiger partial charge in [-0.1, -0.05) is 43.7 Å². The Balaban J connectivity index is 0.687. The summed E-state index contributed by atoms with van der Waals surface area (Å²) in [6.45, 7) is 12.3. The molecule has 1 aliphatic carbocycles. The second-order valence-electron chi connectivity index (χ2n) is 17.7. The Bertz CT molecular complexity index is 2410. The Kier molecular flexibility index (Phi) is 16.0. The Morgan fingerprint density at radius 3 is 2.26 bits per heavy atom. The van der Waals surface area contributed by atoms with Gasteiger partial charge in [-0.2, -0.15) is 10.1 Å². The summed E-state index contributed by atoms with van der Waals surface area (Å²) in [6.07, 6.45) is 9.35. The molecule has 1 saturated carbocycles. The number of aromatic nitrogens is 6. The van der Waals surface area contributed by atoms with Gasteiger partial charge in [0.1, 0.15) is 11.7 Å². The Morgan fingerprint density at radius 2 is 1.52 bits per heavy atom. The molecule has 5 heterocycles. The maximum Gasteiger partial charge on any atom is 0.329 e. The lowest BCUT2D eigenvalue weighted by Gasteiger charge is -2.34. The molecule has 3 N–H and O–H groups in total. The summed E-state index contributed by atoms with van der Waals surface area (Å²) in [5.41, 5.74) is 6.38. The van der Waals surface area contributed by atoms with Gasteiger partial charge in [0, 0.05) is 77.6 Å². The van der Waals surface area contributed by atoms with E-state index in [9.17, 15) is 19.5 Å². The van der Waals surface area contributed by atoms with Crippen molar-refractivity contribution in [1.82, 2.24) is 44.0 Å². The zero-order chi connectivity index (χ0) is 45.1. The van der Waals surface area contributed by atoms with Gasteiger partial charge in [-0.3, -0.25) is 33.8 Å². The van der Waals surface area contributed by atoms with Crippen LogP contribution in [0.1, 0.15) is 87.9 Å². The van der Waals surface area contributed by atoms with Crippen molar-refractivity contribution in [3.8, 4) is 11.3 Å². The predicted molar refractivity (Wildman–Crippen MR) is 249 cm³/mol. The van der Waals surface area contributed by atoms with Gasteiger partial charge in [0.05, 0.1) is 61.6 Å². The van der Waals surface area contributed by atoms with E-state index >= 15 is 0 Å². The minimum Gasteiger partial charge on any atom is -0.393 e. The number of ether oxygens (including phenoxy) is 3. The standard InChI is InChI=1S/C48H66N10O7/c1-3-4-19-49-47-50-32-39-44(53-58(45(39)52-47)37-12-14-38(59)15-13-37)36-10-7-35(8-11-36)33-56-22-20-55(21-23-56)24-26-64-28-30-65-29-27-63-25-5-6-34-9-16-40-42(31-34)54(2)48(62)57(40)41-17-18-43(60)51-46(41)61/h7-11,16,31-32,37-38,41,59H,3-6,12-15,17-30,33H2,1-2H3,(H,49,50,52)(H,51,60,61)/t37-,38-,41-/m0/s1. The number of benzene rings is 2. The zero-order valence-corrected chi connectivity index (χ0v) is 38.1. The first-order valence-corrected chi connectivity index (χ1v) is 23.7. The number of aliphatic hydroxyl groups is 1. The molecule has 17 heteroatoms. The van der Waals surface area contributed by atoms with Crippen LogP contribution in [0.3, 0.4) is 0 Å². The highest BCUT2D eigenvalue weighted by molar-refractivity contribution is 6.00. The van der Waals surface area contributed by atoms with Crippen LogP contribution in [-0.4, -0.2) is 141 Å². The molecule has 17 nitrogen and oxygen atoms in total. The van der Waals surface area contributed by atoms with Crippen molar-refractivity contribution in [2.45, 2.75) is 95.9 Å². The molecule has 2 amide bonds. The molecule has 2 aromatic carbocycles. The molecule has 0 spiro atoms. The SMILES string of the molecule is CCCCNc1ncc2c(-c3ccc(CN4CCN(CCOCCOCCOCCCc5ccc6c(c5)n(C)c(=O)n6[C@H]5CCC(=O)NC5=O)CC4)cc3)nn([C@H]3CC[C@H](O)CC3)c2n1. The molecule has 0 unspecified atom stereocenters. The number of unbranched alkanes of at least 4 members (excludes halogenated alkanes) is 1. The van der Waals surface area contributed by atoms with Crippen LogP contribution < -0.4 is 16.3 Å². The van der Waals surface area contributed by atoms with Crippen LogP contribution in [0.5, 0.6) is 0 Å². The first-order chi connectivity index (χ1) is 31.7. The molecule has 1 atom stereocenters. The third-order valence-electron chi connectivity index (χ3n) is 13.1. The van der Waals surface area contributed by atoms with Crippen molar-refractivity contribution >= 4 is 39.8 Å². The molecule has 2 saturated heterocycles. The van der Waals surface area contributed by atoms with Gasteiger partial charge in [-0.05, 0) is 74.6 Å². The summed E-state index contributed by atoms with van der Waals surface area (Å²) in [5, 5.41) is 22.0. The van der Waals surface area contributed by atoms with Gasteiger partial charge in [-0.25, -0.2) is 14.5 Å². The summed E-state index contributed by atoms with van der Waals surface area (Å²) in [6, 6.07) is 14.2. The van der Waals surface area contributed by atoms with Crippen LogP contribution >= 0.6 is 0 Å². The number of carbonyl (C=O) groups is 2. The average Bonchev–Trinajstić information content (AvgIpc) is 3.81. The Morgan fingerprint density at radius 1 is 0.815 bits per heavy atom. The Hall–Kier alpha value is -5.04. The lowest BCUT2D eigenvalue weighted by atomic mass is 9.93. The summed E-state index contributed by atoms with van der Waals surface area (Å²) in [7, 11) is 1.71. The summed E-state index contributed by atoms with van der Waals surface area (Å²) < 4.78 is 22.6. The van der Waals surface area contributed by atoms with Gasteiger partial charge in [0.2, 0.25) is 17.8 Å². The largest absolute Gasteiger partial charge is 0.393 e. The van der Waals surface area contributed by atoms with Gasteiger partial charge >= 0.3 is 5.69 Å². The van der Waals surface area contributed by atoms with Crippen LogP contribution in [0.4, 0.5) is 5.95 Å². The van der Waals surface area contributed by atoms with Crippen molar-refractivity contribution in [1.29, 1.82) is 0 Å². The van der Waals surface area contributed by atoms with Crippen LogP contribution in [0.15, 0.2) is 53.5 Å². The Labute approximate surface area is 380 Å². The third-order valence-corrected chi connectivity index (χ3v) is 13.1. The molecule has 3 aliphatic rings. The molecule has 0 radical (unpaired) electrons.